The second-order valence-electron chi connectivity index (χ2n) is 4.53. The van der Waals surface area contributed by atoms with Crippen LogP contribution in [0.4, 0.5) is 5.82 Å². The molecule has 0 aliphatic carbocycles. The first-order valence-electron chi connectivity index (χ1n) is 5.83. The topological polar surface area (TPSA) is 133 Å². The molecule has 0 radical (unpaired) electrons. The van der Waals surface area contributed by atoms with Crippen molar-refractivity contribution < 1.29 is 34.8 Å². The Morgan fingerprint density at radius 2 is 2.15 bits per heavy atom. The Balaban J connectivity index is 2.05. The van der Waals surface area contributed by atoms with Crippen molar-refractivity contribution in [2.45, 2.75) is 24.1 Å². The Morgan fingerprint density at radius 1 is 1.40 bits per heavy atom. The summed E-state index contributed by atoms with van der Waals surface area (Å²) in [6.45, 7) is -0.437. The molecule has 1 spiro atoms. The van der Waals surface area contributed by atoms with Gasteiger partial charge < -0.3 is 24.8 Å². The van der Waals surface area contributed by atoms with Crippen LogP contribution >= 0.6 is 0 Å². The fourth-order valence-corrected chi connectivity index (χ4v) is 2.18. The van der Waals surface area contributed by atoms with Crippen LogP contribution in [0.15, 0.2) is 18.3 Å². The number of hydroxylamine groups is 1. The van der Waals surface area contributed by atoms with Crippen molar-refractivity contribution in [2.24, 2.45) is 0 Å². The summed E-state index contributed by atoms with van der Waals surface area (Å²) in [6.07, 6.45) is -3.55. The zero-order valence-corrected chi connectivity index (χ0v) is 10.1. The highest BCUT2D eigenvalue weighted by molar-refractivity contribution is 5.99. The molecule has 3 rings (SSSR count). The SMILES string of the molecule is O=C1N(O)c2ncccc2O[C@]12OC[C@@H](O)[C@@H](O)[C@@H]2O. The van der Waals surface area contributed by atoms with Crippen LogP contribution in [-0.4, -0.2) is 62.1 Å². The molecule has 4 atom stereocenters. The van der Waals surface area contributed by atoms with Crippen molar-refractivity contribution in [3.8, 4) is 5.75 Å². The van der Waals surface area contributed by atoms with Crippen molar-refractivity contribution in [1.82, 2.24) is 4.98 Å². The third kappa shape index (κ3) is 1.62. The summed E-state index contributed by atoms with van der Waals surface area (Å²) in [4.78, 5) is 15.9. The van der Waals surface area contributed by atoms with Crippen LogP contribution in [0.5, 0.6) is 5.75 Å². The van der Waals surface area contributed by atoms with Gasteiger partial charge in [0, 0.05) is 6.20 Å². The monoisotopic (exact) mass is 284 g/mol. The van der Waals surface area contributed by atoms with E-state index in [-0.39, 0.29) is 16.6 Å². The number of anilines is 1. The molecular formula is C11H12N2O7. The molecule has 4 N–H and O–H groups in total. The van der Waals surface area contributed by atoms with Gasteiger partial charge in [0.15, 0.2) is 11.9 Å². The third-order valence-electron chi connectivity index (χ3n) is 3.28. The van der Waals surface area contributed by atoms with E-state index >= 15 is 0 Å². The molecule has 1 aromatic rings. The van der Waals surface area contributed by atoms with Gasteiger partial charge in [0.25, 0.3) is 0 Å². The number of carbonyl (C=O) groups is 1. The number of aromatic nitrogens is 1. The van der Waals surface area contributed by atoms with Gasteiger partial charge in [0.05, 0.1) is 6.61 Å². The molecule has 0 bridgehead atoms. The minimum atomic E-state index is -2.32. The number of amides is 1. The zero-order valence-electron chi connectivity index (χ0n) is 10.1. The van der Waals surface area contributed by atoms with Gasteiger partial charge in [-0.05, 0) is 12.1 Å². The van der Waals surface area contributed by atoms with Crippen LogP contribution in [-0.2, 0) is 9.53 Å². The first kappa shape index (κ1) is 13.2. The molecule has 2 aliphatic heterocycles. The average molecular weight is 284 g/mol. The van der Waals surface area contributed by atoms with Crippen molar-refractivity contribution >= 4 is 11.7 Å². The Labute approximate surface area is 112 Å². The lowest BCUT2D eigenvalue weighted by Crippen LogP contribution is -2.71. The van der Waals surface area contributed by atoms with E-state index in [0.29, 0.717) is 0 Å². The van der Waals surface area contributed by atoms with Crippen LogP contribution in [0.25, 0.3) is 0 Å². The fraction of sp³-hybridized carbons (Fsp3) is 0.455. The van der Waals surface area contributed by atoms with Gasteiger partial charge in [0.2, 0.25) is 5.82 Å². The molecule has 1 aromatic heterocycles. The highest BCUT2D eigenvalue weighted by atomic mass is 16.7. The maximum atomic E-state index is 12.2. The molecule has 108 valence electrons. The van der Waals surface area contributed by atoms with Crippen LogP contribution in [0.2, 0.25) is 0 Å². The Morgan fingerprint density at radius 3 is 2.90 bits per heavy atom. The second kappa shape index (κ2) is 4.36. The van der Waals surface area contributed by atoms with E-state index in [9.17, 15) is 25.3 Å². The van der Waals surface area contributed by atoms with Crippen LogP contribution < -0.4 is 9.80 Å². The number of ether oxygens (including phenoxy) is 2. The van der Waals surface area contributed by atoms with Crippen molar-refractivity contribution in [3.63, 3.8) is 0 Å². The molecule has 0 saturated carbocycles. The number of rotatable bonds is 0. The predicted octanol–water partition coefficient (Wildman–Crippen LogP) is -1.99. The molecule has 0 unspecified atom stereocenters. The van der Waals surface area contributed by atoms with E-state index in [4.69, 9.17) is 9.47 Å². The maximum Gasteiger partial charge on any atom is 0.328 e. The number of carbonyl (C=O) groups excluding carboxylic acids is 1. The van der Waals surface area contributed by atoms with Crippen LogP contribution in [0.1, 0.15) is 0 Å². The molecular weight excluding hydrogens is 272 g/mol. The summed E-state index contributed by atoms with van der Waals surface area (Å²) in [7, 11) is 0. The third-order valence-corrected chi connectivity index (χ3v) is 3.28. The fourth-order valence-electron chi connectivity index (χ4n) is 2.18. The van der Waals surface area contributed by atoms with Gasteiger partial charge in [-0.1, -0.05) is 0 Å². The van der Waals surface area contributed by atoms with E-state index in [1.807, 2.05) is 0 Å². The van der Waals surface area contributed by atoms with E-state index in [1.54, 1.807) is 0 Å². The number of fused-ring (bicyclic) bond motifs is 1. The number of hydrogen-bond donors (Lipinski definition) is 4. The maximum absolute atomic E-state index is 12.2. The standard InChI is InChI=1S/C11H12N2O7/c14-5-4-19-11(8(16)7(5)15)10(17)13(18)9-6(20-11)2-1-3-12-9/h1-3,5,7-8,14-16,18H,4H2/t5-,7-,8+,11+/m1/s1. The normalized spacial score (nSPS) is 36.7. The molecule has 1 fully saturated rings. The average Bonchev–Trinajstić information content (AvgIpc) is 2.46. The summed E-state index contributed by atoms with van der Waals surface area (Å²) in [6, 6.07) is 2.91. The number of hydrogen-bond acceptors (Lipinski definition) is 8. The quantitative estimate of drug-likeness (QED) is 0.402. The minimum Gasteiger partial charge on any atom is -0.447 e. The van der Waals surface area contributed by atoms with E-state index < -0.39 is 36.6 Å². The molecule has 1 saturated heterocycles. The van der Waals surface area contributed by atoms with Gasteiger partial charge in [-0.25, -0.2) is 4.98 Å². The molecule has 2 aliphatic rings. The van der Waals surface area contributed by atoms with Crippen LogP contribution in [0.3, 0.4) is 0 Å². The molecule has 20 heavy (non-hydrogen) atoms. The van der Waals surface area contributed by atoms with E-state index in [2.05, 4.69) is 4.98 Å². The van der Waals surface area contributed by atoms with Crippen molar-refractivity contribution in [2.75, 3.05) is 11.7 Å². The predicted molar refractivity (Wildman–Crippen MR) is 60.8 cm³/mol. The second-order valence-corrected chi connectivity index (χ2v) is 4.53. The van der Waals surface area contributed by atoms with Gasteiger partial charge in [0.1, 0.15) is 12.2 Å². The summed E-state index contributed by atoms with van der Waals surface area (Å²) < 4.78 is 10.4. The molecule has 1 amide bonds. The Kier molecular flexibility index (Phi) is 2.88. The number of nitrogens with zero attached hydrogens (tertiary/aromatic N) is 2. The first-order chi connectivity index (χ1) is 9.47. The summed E-state index contributed by atoms with van der Waals surface area (Å²) in [5.74, 6) is -3.61. The Hall–Kier alpha value is -1.78. The van der Waals surface area contributed by atoms with Crippen molar-refractivity contribution in [1.29, 1.82) is 0 Å². The largest absolute Gasteiger partial charge is 0.447 e. The van der Waals surface area contributed by atoms with E-state index in [1.165, 1.54) is 18.3 Å². The first-order valence-corrected chi connectivity index (χ1v) is 5.83. The van der Waals surface area contributed by atoms with Gasteiger partial charge >= 0.3 is 11.7 Å². The molecule has 9 nitrogen and oxygen atoms in total. The lowest BCUT2D eigenvalue weighted by Gasteiger charge is -2.46. The van der Waals surface area contributed by atoms with Crippen LogP contribution in [0, 0.1) is 0 Å². The Bertz CT molecular complexity index is 553. The lowest BCUT2D eigenvalue weighted by atomic mass is 9.95. The number of pyridine rings is 1. The molecule has 3 heterocycles. The summed E-state index contributed by atoms with van der Waals surface area (Å²) in [5.41, 5.74) is 0. The van der Waals surface area contributed by atoms with Gasteiger partial charge in [-0.3, -0.25) is 10.0 Å². The smallest absolute Gasteiger partial charge is 0.328 e. The highest BCUT2D eigenvalue weighted by Crippen LogP contribution is 2.39. The highest BCUT2D eigenvalue weighted by Gasteiger charge is 2.61. The molecule has 0 aromatic carbocycles. The summed E-state index contributed by atoms with van der Waals surface area (Å²) in [5, 5.41) is 39.1. The molecule has 9 heteroatoms. The van der Waals surface area contributed by atoms with Gasteiger partial charge in [-0.2, -0.15) is 5.06 Å². The van der Waals surface area contributed by atoms with E-state index in [0.717, 1.165) is 0 Å². The number of aliphatic hydroxyl groups excluding tert-OH is 3. The van der Waals surface area contributed by atoms with Gasteiger partial charge in [-0.15, -0.1) is 0 Å². The lowest BCUT2D eigenvalue weighted by molar-refractivity contribution is -0.295. The summed E-state index contributed by atoms with van der Waals surface area (Å²) >= 11 is 0. The minimum absolute atomic E-state index is 0.00256. The zero-order chi connectivity index (χ0) is 14.5. The van der Waals surface area contributed by atoms with Crippen molar-refractivity contribution in [3.05, 3.63) is 18.3 Å². The number of aliphatic hydroxyl groups is 3.